The van der Waals surface area contributed by atoms with Crippen LogP contribution in [0, 0.1) is 0 Å². The first-order valence-electron chi connectivity index (χ1n) is 1.98. The summed E-state index contributed by atoms with van der Waals surface area (Å²) in [5.74, 6) is -4.15. The van der Waals surface area contributed by atoms with Crippen molar-refractivity contribution in [3.05, 3.63) is 0 Å². The molecule has 8 heavy (non-hydrogen) atoms. The van der Waals surface area contributed by atoms with Crippen molar-refractivity contribution in [2.24, 2.45) is 0 Å². The standard InChI is InChI=1S/C4H7FO3/c1-4(5,8-2)3(6)7/h1-2H3,(H,6,7). The average Bonchev–Trinajstić information content (AvgIpc) is 1.67. The van der Waals surface area contributed by atoms with Gasteiger partial charge in [-0.05, 0) is 0 Å². The van der Waals surface area contributed by atoms with Crippen molar-refractivity contribution in [1.29, 1.82) is 0 Å². The fourth-order valence-corrected chi connectivity index (χ4v) is 0.0873. The third-order valence-electron chi connectivity index (χ3n) is 0.765. The molecule has 0 aliphatic carbocycles. The highest BCUT2D eigenvalue weighted by atomic mass is 19.2. The molecule has 0 amide bonds. The molecule has 0 aromatic rings. The number of hydrogen-bond donors (Lipinski definition) is 1. The molecule has 4 heteroatoms. The first kappa shape index (κ1) is 7.36. The minimum absolute atomic E-state index is 0.829. The van der Waals surface area contributed by atoms with Crippen molar-refractivity contribution in [2.45, 2.75) is 12.8 Å². The van der Waals surface area contributed by atoms with Gasteiger partial charge in [0.15, 0.2) is 0 Å². The summed E-state index contributed by atoms with van der Waals surface area (Å²) in [4.78, 5) is 9.75. The molecule has 1 unspecified atom stereocenters. The lowest BCUT2D eigenvalue weighted by molar-refractivity contribution is -0.182. The highest BCUT2D eigenvalue weighted by Crippen LogP contribution is 2.08. The van der Waals surface area contributed by atoms with Crippen LogP contribution in [0.1, 0.15) is 6.92 Å². The van der Waals surface area contributed by atoms with Gasteiger partial charge >= 0.3 is 11.8 Å². The van der Waals surface area contributed by atoms with E-state index >= 15 is 0 Å². The molecule has 0 saturated carbocycles. The fourth-order valence-electron chi connectivity index (χ4n) is 0.0873. The zero-order valence-corrected chi connectivity index (χ0v) is 4.64. The quantitative estimate of drug-likeness (QED) is 0.576. The van der Waals surface area contributed by atoms with Crippen LogP contribution in [-0.2, 0) is 9.53 Å². The van der Waals surface area contributed by atoms with E-state index < -0.39 is 11.8 Å². The molecule has 0 radical (unpaired) electrons. The van der Waals surface area contributed by atoms with Gasteiger partial charge in [0.1, 0.15) is 0 Å². The number of ether oxygens (including phenoxy) is 1. The van der Waals surface area contributed by atoms with Crippen LogP contribution in [-0.4, -0.2) is 24.0 Å². The minimum Gasteiger partial charge on any atom is -0.477 e. The van der Waals surface area contributed by atoms with Gasteiger partial charge < -0.3 is 9.84 Å². The monoisotopic (exact) mass is 122 g/mol. The second-order valence-corrected chi connectivity index (χ2v) is 1.43. The molecule has 0 saturated heterocycles. The molecule has 0 fully saturated rings. The van der Waals surface area contributed by atoms with E-state index in [4.69, 9.17) is 5.11 Å². The maximum atomic E-state index is 12.1. The Labute approximate surface area is 46.1 Å². The number of carbonyl (C=O) groups is 1. The fraction of sp³-hybridized carbons (Fsp3) is 0.750. The first-order valence-corrected chi connectivity index (χ1v) is 1.98. The Morgan fingerprint density at radius 3 is 2.25 bits per heavy atom. The molecule has 1 N–H and O–H groups in total. The Morgan fingerprint density at radius 1 is 1.88 bits per heavy atom. The van der Waals surface area contributed by atoms with Crippen LogP contribution >= 0.6 is 0 Å². The third kappa shape index (κ3) is 1.46. The topological polar surface area (TPSA) is 46.5 Å². The number of aliphatic carboxylic acids is 1. The van der Waals surface area contributed by atoms with Crippen molar-refractivity contribution < 1.29 is 19.0 Å². The Bertz CT molecular complexity index is 99.5. The van der Waals surface area contributed by atoms with Crippen LogP contribution < -0.4 is 0 Å². The van der Waals surface area contributed by atoms with Crippen molar-refractivity contribution in [2.75, 3.05) is 7.11 Å². The van der Waals surface area contributed by atoms with Crippen molar-refractivity contribution >= 4 is 5.97 Å². The van der Waals surface area contributed by atoms with Crippen LogP contribution in [0.2, 0.25) is 0 Å². The molecular weight excluding hydrogens is 115 g/mol. The lowest BCUT2D eigenvalue weighted by Gasteiger charge is -2.10. The highest BCUT2D eigenvalue weighted by molar-refractivity contribution is 5.74. The van der Waals surface area contributed by atoms with Crippen LogP contribution in [0.25, 0.3) is 0 Å². The summed E-state index contributed by atoms with van der Waals surface area (Å²) >= 11 is 0. The minimum atomic E-state index is -2.54. The van der Waals surface area contributed by atoms with Crippen LogP contribution in [0.15, 0.2) is 0 Å². The molecular formula is C4H7FO3. The molecule has 0 spiro atoms. The van der Waals surface area contributed by atoms with E-state index in [0.717, 1.165) is 14.0 Å². The average molecular weight is 122 g/mol. The Balaban J connectivity index is 3.91. The van der Waals surface area contributed by atoms with E-state index in [0.29, 0.717) is 0 Å². The van der Waals surface area contributed by atoms with Crippen LogP contribution in [0.5, 0.6) is 0 Å². The maximum absolute atomic E-state index is 12.1. The zero-order chi connectivity index (χ0) is 6.78. The van der Waals surface area contributed by atoms with Gasteiger partial charge in [-0.3, -0.25) is 0 Å². The summed E-state index contributed by atoms with van der Waals surface area (Å²) in [6, 6.07) is 0. The first-order chi connectivity index (χ1) is 3.50. The Morgan fingerprint density at radius 2 is 2.25 bits per heavy atom. The van der Waals surface area contributed by atoms with Gasteiger partial charge in [-0.1, -0.05) is 0 Å². The summed E-state index contributed by atoms with van der Waals surface area (Å²) in [5.41, 5.74) is 0. The third-order valence-corrected chi connectivity index (χ3v) is 0.765. The van der Waals surface area contributed by atoms with Gasteiger partial charge in [-0.2, -0.15) is 4.39 Å². The summed E-state index contributed by atoms with van der Waals surface area (Å²) in [7, 11) is 0.994. The largest absolute Gasteiger partial charge is 0.477 e. The molecule has 0 rings (SSSR count). The highest BCUT2D eigenvalue weighted by Gasteiger charge is 2.31. The van der Waals surface area contributed by atoms with E-state index in [-0.39, 0.29) is 0 Å². The summed E-state index contributed by atoms with van der Waals surface area (Å²) < 4.78 is 16.1. The molecule has 0 aromatic carbocycles. The van der Waals surface area contributed by atoms with Gasteiger partial charge in [0.25, 0.3) is 0 Å². The Hall–Kier alpha value is -0.640. The normalized spacial score (nSPS) is 17.4. The summed E-state index contributed by atoms with van der Waals surface area (Å²) in [6.07, 6.45) is 0. The predicted molar refractivity (Wildman–Crippen MR) is 24.2 cm³/mol. The molecule has 0 aliphatic heterocycles. The van der Waals surface area contributed by atoms with Gasteiger partial charge in [0, 0.05) is 14.0 Å². The zero-order valence-electron chi connectivity index (χ0n) is 4.64. The SMILES string of the molecule is COC(C)(F)C(=O)O. The van der Waals surface area contributed by atoms with Gasteiger partial charge in [-0.15, -0.1) is 0 Å². The smallest absolute Gasteiger partial charge is 0.369 e. The molecule has 0 heterocycles. The predicted octanol–water partition coefficient (Wildman–Crippen LogP) is 0.403. The maximum Gasteiger partial charge on any atom is 0.369 e. The lowest BCUT2D eigenvalue weighted by Crippen LogP contribution is -2.31. The number of alkyl halides is 1. The van der Waals surface area contributed by atoms with Gasteiger partial charge in [0.05, 0.1) is 0 Å². The Kier molecular flexibility index (Phi) is 1.92. The van der Waals surface area contributed by atoms with Gasteiger partial charge in [-0.25, -0.2) is 4.79 Å². The number of rotatable bonds is 2. The van der Waals surface area contributed by atoms with E-state index in [1.54, 1.807) is 0 Å². The van der Waals surface area contributed by atoms with Crippen molar-refractivity contribution in [3.63, 3.8) is 0 Å². The second kappa shape index (κ2) is 2.09. The van der Waals surface area contributed by atoms with E-state index in [1.807, 2.05) is 0 Å². The van der Waals surface area contributed by atoms with Crippen LogP contribution in [0.3, 0.4) is 0 Å². The molecule has 1 atom stereocenters. The van der Waals surface area contributed by atoms with E-state index in [9.17, 15) is 9.18 Å². The molecule has 0 aromatic heterocycles. The van der Waals surface area contributed by atoms with E-state index in [1.165, 1.54) is 0 Å². The second-order valence-electron chi connectivity index (χ2n) is 1.43. The molecule has 3 nitrogen and oxygen atoms in total. The summed E-state index contributed by atoms with van der Waals surface area (Å²) in [5, 5.41) is 7.94. The molecule has 0 aliphatic rings. The number of hydrogen-bond acceptors (Lipinski definition) is 2. The molecule has 48 valence electrons. The number of methoxy groups -OCH3 is 1. The number of carboxylic acid groups (broad SMARTS) is 1. The van der Waals surface area contributed by atoms with Crippen molar-refractivity contribution in [1.82, 2.24) is 0 Å². The van der Waals surface area contributed by atoms with E-state index in [2.05, 4.69) is 4.74 Å². The molecule has 0 bridgehead atoms. The van der Waals surface area contributed by atoms with Gasteiger partial charge in [0.2, 0.25) is 0 Å². The number of halogens is 1. The van der Waals surface area contributed by atoms with Crippen LogP contribution in [0.4, 0.5) is 4.39 Å². The van der Waals surface area contributed by atoms with Crippen molar-refractivity contribution in [3.8, 4) is 0 Å². The summed E-state index contributed by atoms with van der Waals surface area (Å²) in [6.45, 7) is 0.829. The number of carboxylic acids is 1. The lowest BCUT2D eigenvalue weighted by atomic mass is 10.4.